The van der Waals surface area contributed by atoms with Crippen molar-refractivity contribution in [3.63, 3.8) is 0 Å². The first kappa shape index (κ1) is 12.9. The summed E-state index contributed by atoms with van der Waals surface area (Å²) < 4.78 is 39.7. The summed E-state index contributed by atoms with van der Waals surface area (Å²) >= 11 is 0. The zero-order valence-corrected chi connectivity index (χ0v) is 10.4. The molecule has 0 spiro atoms. The van der Waals surface area contributed by atoms with Crippen molar-refractivity contribution in [2.45, 2.75) is 24.9 Å². The summed E-state index contributed by atoms with van der Waals surface area (Å²) in [7, 11) is 0. The minimum atomic E-state index is -4.46. The highest BCUT2D eigenvalue weighted by Crippen LogP contribution is 2.42. The minimum absolute atomic E-state index is 0.124. The lowest BCUT2D eigenvalue weighted by molar-refractivity contribution is -0.141. The number of rotatable bonds is 3. The molecule has 0 unspecified atom stereocenters. The first-order chi connectivity index (χ1) is 9.49. The van der Waals surface area contributed by atoms with Gasteiger partial charge in [-0.3, -0.25) is 4.79 Å². The van der Waals surface area contributed by atoms with Crippen molar-refractivity contribution in [2.75, 3.05) is 0 Å². The van der Waals surface area contributed by atoms with E-state index in [1.165, 1.54) is 10.7 Å². The Bertz CT molecular complexity index is 657. The quantitative estimate of drug-likeness (QED) is 0.805. The molecule has 0 radical (unpaired) electrons. The fourth-order valence-electron chi connectivity index (χ4n) is 2.14. The smallest absolute Gasteiger partial charge is 0.298 e. The molecule has 0 atom stereocenters. The van der Waals surface area contributed by atoms with Crippen molar-refractivity contribution in [3.8, 4) is 5.69 Å². The van der Waals surface area contributed by atoms with Gasteiger partial charge in [0.2, 0.25) is 0 Å². The number of alkyl halides is 3. The second-order valence-corrected chi connectivity index (χ2v) is 4.85. The second kappa shape index (κ2) is 4.47. The van der Waals surface area contributed by atoms with Crippen LogP contribution < -0.4 is 0 Å². The zero-order valence-electron chi connectivity index (χ0n) is 10.4. The van der Waals surface area contributed by atoms with Crippen molar-refractivity contribution in [2.24, 2.45) is 0 Å². The number of benzene rings is 1. The third kappa shape index (κ3) is 2.33. The predicted molar refractivity (Wildman–Crippen MR) is 65.9 cm³/mol. The molecule has 0 N–H and O–H groups in total. The summed E-state index contributed by atoms with van der Waals surface area (Å²) in [6.07, 6.45) is -2.06. The zero-order chi connectivity index (χ0) is 14.3. The maximum absolute atomic E-state index is 12.8. The van der Waals surface area contributed by atoms with Gasteiger partial charge in [-0.2, -0.15) is 18.3 Å². The Kier molecular flexibility index (Phi) is 2.88. The summed E-state index contributed by atoms with van der Waals surface area (Å²) in [5.74, 6) is 0.124. The molecule has 3 rings (SSSR count). The summed E-state index contributed by atoms with van der Waals surface area (Å²) in [4.78, 5) is 10.8. The van der Waals surface area contributed by atoms with Crippen molar-refractivity contribution in [1.82, 2.24) is 9.78 Å². The monoisotopic (exact) mass is 280 g/mol. The third-order valence-corrected chi connectivity index (χ3v) is 3.27. The maximum Gasteiger partial charge on any atom is 0.435 e. The largest absolute Gasteiger partial charge is 0.435 e. The van der Waals surface area contributed by atoms with Crippen molar-refractivity contribution >= 4 is 6.29 Å². The van der Waals surface area contributed by atoms with E-state index >= 15 is 0 Å². The van der Waals surface area contributed by atoms with E-state index in [4.69, 9.17) is 0 Å². The number of nitrogens with zero attached hydrogens (tertiary/aromatic N) is 2. The fourth-order valence-corrected chi connectivity index (χ4v) is 2.14. The Morgan fingerprint density at radius 2 is 2.00 bits per heavy atom. The van der Waals surface area contributed by atoms with Gasteiger partial charge in [0.05, 0.1) is 5.69 Å². The molecule has 1 fully saturated rings. The van der Waals surface area contributed by atoms with Crippen molar-refractivity contribution in [3.05, 3.63) is 47.3 Å². The van der Waals surface area contributed by atoms with Gasteiger partial charge in [-0.25, -0.2) is 4.68 Å². The van der Waals surface area contributed by atoms with Gasteiger partial charge in [0.25, 0.3) is 0 Å². The van der Waals surface area contributed by atoms with Crippen LogP contribution in [0.15, 0.2) is 30.3 Å². The summed E-state index contributed by atoms with van der Waals surface area (Å²) in [5.41, 5.74) is 0.552. The van der Waals surface area contributed by atoms with Crippen LogP contribution in [0.4, 0.5) is 13.2 Å². The number of carbonyl (C=O) groups excluding carboxylic acids is 1. The minimum Gasteiger partial charge on any atom is -0.298 e. The van der Waals surface area contributed by atoms with Gasteiger partial charge < -0.3 is 0 Å². The van der Waals surface area contributed by atoms with Crippen molar-refractivity contribution in [1.29, 1.82) is 0 Å². The average molecular weight is 280 g/mol. The Labute approximate surface area is 113 Å². The highest BCUT2D eigenvalue weighted by molar-refractivity contribution is 5.75. The highest BCUT2D eigenvalue weighted by Gasteiger charge is 2.38. The Hall–Kier alpha value is -2.11. The molecule has 1 aromatic carbocycles. The van der Waals surface area contributed by atoms with Crippen molar-refractivity contribution < 1.29 is 18.0 Å². The van der Waals surface area contributed by atoms with Gasteiger partial charge >= 0.3 is 6.18 Å². The molecule has 0 saturated heterocycles. The van der Waals surface area contributed by atoms with E-state index in [1.807, 2.05) is 0 Å². The number of hydrogen-bond acceptors (Lipinski definition) is 2. The normalized spacial score (nSPS) is 15.3. The summed E-state index contributed by atoms with van der Waals surface area (Å²) in [6, 6.07) is 7.51. The molecular weight excluding hydrogens is 269 g/mol. The SMILES string of the molecule is O=Cc1cccc(-n2nc(C(F)(F)F)cc2C2CC2)c1. The number of carbonyl (C=O) groups is 1. The van der Waals surface area contributed by atoms with E-state index < -0.39 is 11.9 Å². The predicted octanol–water partition coefficient (Wildman–Crippen LogP) is 3.58. The van der Waals surface area contributed by atoms with Crippen LogP contribution in [0, 0.1) is 0 Å². The lowest BCUT2D eigenvalue weighted by Gasteiger charge is -2.07. The van der Waals surface area contributed by atoms with E-state index in [9.17, 15) is 18.0 Å². The summed E-state index contributed by atoms with van der Waals surface area (Å²) in [6.45, 7) is 0. The molecule has 2 aromatic rings. The summed E-state index contributed by atoms with van der Waals surface area (Å²) in [5, 5.41) is 3.66. The van der Waals surface area contributed by atoms with Gasteiger partial charge in [0.1, 0.15) is 6.29 Å². The number of aromatic nitrogens is 2. The maximum atomic E-state index is 12.8. The lowest BCUT2D eigenvalue weighted by Crippen LogP contribution is -2.07. The van der Waals surface area contributed by atoms with Gasteiger partial charge in [0, 0.05) is 17.2 Å². The van der Waals surface area contributed by atoms with E-state index in [0.29, 0.717) is 23.2 Å². The van der Waals surface area contributed by atoms with Gasteiger partial charge in [-0.05, 0) is 31.0 Å². The number of aldehydes is 1. The molecule has 1 aromatic heterocycles. The first-order valence-corrected chi connectivity index (χ1v) is 6.22. The Morgan fingerprint density at radius 1 is 1.25 bits per heavy atom. The van der Waals surface area contributed by atoms with Crippen LogP contribution in [0.1, 0.15) is 40.5 Å². The first-order valence-electron chi connectivity index (χ1n) is 6.22. The van der Waals surface area contributed by atoms with E-state index in [-0.39, 0.29) is 5.92 Å². The highest BCUT2D eigenvalue weighted by atomic mass is 19.4. The van der Waals surface area contributed by atoms with Crippen LogP contribution >= 0.6 is 0 Å². The van der Waals surface area contributed by atoms with Crippen LogP contribution in [0.3, 0.4) is 0 Å². The molecule has 6 heteroatoms. The van der Waals surface area contributed by atoms with Crippen LogP contribution in [0.2, 0.25) is 0 Å². The van der Waals surface area contributed by atoms with E-state index in [1.54, 1.807) is 18.2 Å². The lowest BCUT2D eigenvalue weighted by atomic mass is 10.2. The van der Waals surface area contributed by atoms with Gasteiger partial charge in [-0.1, -0.05) is 12.1 Å². The van der Waals surface area contributed by atoms with Crippen LogP contribution in [0.25, 0.3) is 5.69 Å². The van der Waals surface area contributed by atoms with E-state index in [0.717, 1.165) is 18.9 Å². The molecular formula is C14H11F3N2O. The van der Waals surface area contributed by atoms with Crippen LogP contribution in [0.5, 0.6) is 0 Å². The number of hydrogen-bond donors (Lipinski definition) is 0. The molecule has 1 aliphatic carbocycles. The topological polar surface area (TPSA) is 34.9 Å². The Morgan fingerprint density at radius 3 is 2.60 bits per heavy atom. The average Bonchev–Trinajstić information content (AvgIpc) is 3.16. The molecule has 3 nitrogen and oxygen atoms in total. The molecule has 0 amide bonds. The standard InChI is InChI=1S/C14H11F3N2O/c15-14(16,17)13-7-12(10-4-5-10)19(18-13)11-3-1-2-9(6-11)8-20/h1-3,6-8,10H,4-5H2. The molecule has 1 aliphatic rings. The van der Waals surface area contributed by atoms with Gasteiger partial charge in [0.15, 0.2) is 5.69 Å². The van der Waals surface area contributed by atoms with Crippen LogP contribution in [-0.2, 0) is 6.18 Å². The molecule has 0 bridgehead atoms. The van der Waals surface area contributed by atoms with Gasteiger partial charge in [-0.15, -0.1) is 0 Å². The molecule has 1 saturated carbocycles. The molecule has 0 aliphatic heterocycles. The second-order valence-electron chi connectivity index (χ2n) is 4.85. The Balaban J connectivity index is 2.11. The van der Waals surface area contributed by atoms with E-state index in [2.05, 4.69) is 5.10 Å². The molecule has 1 heterocycles. The third-order valence-electron chi connectivity index (χ3n) is 3.27. The van der Waals surface area contributed by atoms with Crippen LogP contribution in [-0.4, -0.2) is 16.1 Å². The molecule has 104 valence electrons. The fraction of sp³-hybridized carbons (Fsp3) is 0.286. The molecule has 20 heavy (non-hydrogen) atoms. The number of halogens is 3.